The number of fused-ring (bicyclic) bond motifs is 7. The number of aromatic nitrogens is 2. The van der Waals surface area contributed by atoms with Crippen molar-refractivity contribution in [3.8, 4) is 33.6 Å². The van der Waals surface area contributed by atoms with E-state index in [2.05, 4.69) is 310 Å². The fourth-order valence-electron chi connectivity index (χ4n) is 11.4. The Hall–Kier alpha value is -9.90. The predicted octanol–water partition coefficient (Wildman–Crippen LogP) is 19.3. The monoisotopic (exact) mass is 944 g/mol. The molecule has 74 heavy (non-hydrogen) atoms. The van der Waals surface area contributed by atoms with Gasteiger partial charge in [0.15, 0.2) is 0 Å². The number of hydrogen-bond donors (Lipinski definition) is 0. The van der Waals surface area contributed by atoms with Crippen molar-refractivity contribution in [1.29, 1.82) is 0 Å². The van der Waals surface area contributed by atoms with Crippen molar-refractivity contribution in [2.45, 2.75) is 0 Å². The molecule has 0 spiro atoms. The fraction of sp³-hybridized carbons (Fsp3) is 0. The lowest BCUT2D eigenvalue weighted by Gasteiger charge is -2.31. The van der Waals surface area contributed by atoms with Crippen LogP contribution in [-0.2, 0) is 0 Å². The zero-order chi connectivity index (χ0) is 49.0. The van der Waals surface area contributed by atoms with Crippen LogP contribution in [0.2, 0.25) is 0 Å². The Kier molecular flexibility index (Phi) is 10.5. The summed E-state index contributed by atoms with van der Waals surface area (Å²) in [7, 11) is 0. The van der Waals surface area contributed by atoms with Crippen LogP contribution in [0.15, 0.2) is 291 Å². The molecule has 0 atom stereocenters. The van der Waals surface area contributed by atoms with Gasteiger partial charge < -0.3 is 18.9 Å². The van der Waals surface area contributed by atoms with E-state index in [1.54, 1.807) is 0 Å². The first-order valence-corrected chi connectivity index (χ1v) is 25.3. The Balaban J connectivity index is 0.983. The number of benzene rings is 12. The Morgan fingerprint density at radius 3 is 1.03 bits per heavy atom. The molecule has 0 bridgehead atoms. The zero-order valence-corrected chi connectivity index (χ0v) is 40.5. The van der Waals surface area contributed by atoms with Gasteiger partial charge in [0.1, 0.15) is 0 Å². The van der Waals surface area contributed by atoms with Gasteiger partial charge in [0.05, 0.1) is 33.4 Å². The Morgan fingerprint density at radius 2 is 0.595 bits per heavy atom. The van der Waals surface area contributed by atoms with Gasteiger partial charge in [-0.2, -0.15) is 0 Å². The summed E-state index contributed by atoms with van der Waals surface area (Å²) in [6.07, 6.45) is 0. The molecular formula is C70H48N4. The van der Waals surface area contributed by atoms with Crippen LogP contribution in [0, 0.1) is 0 Å². The lowest BCUT2D eigenvalue weighted by atomic mass is 9.91. The molecule has 4 nitrogen and oxygen atoms in total. The summed E-state index contributed by atoms with van der Waals surface area (Å²) < 4.78 is 4.77. The molecule has 2 aromatic heterocycles. The van der Waals surface area contributed by atoms with Gasteiger partial charge in [0.2, 0.25) is 0 Å². The zero-order valence-electron chi connectivity index (χ0n) is 40.5. The topological polar surface area (TPSA) is 16.3 Å². The van der Waals surface area contributed by atoms with Crippen molar-refractivity contribution in [3.63, 3.8) is 0 Å². The third-order valence-corrected chi connectivity index (χ3v) is 14.7. The molecule has 348 valence electrons. The maximum atomic E-state index is 2.44. The van der Waals surface area contributed by atoms with Gasteiger partial charge in [-0.05, 0) is 137 Å². The molecule has 0 aliphatic carbocycles. The molecule has 0 aliphatic rings. The molecule has 14 rings (SSSR count). The molecule has 0 radical (unpaired) electrons. The minimum atomic E-state index is 1.06. The first-order chi connectivity index (χ1) is 36.7. The highest BCUT2D eigenvalue weighted by molar-refractivity contribution is 6.12. The van der Waals surface area contributed by atoms with Crippen LogP contribution in [0.3, 0.4) is 0 Å². The van der Waals surface area contributed by atoms with E-state index < -0.39 is 0 Å². The van der Waals surface area contributed by atoms with Crippen molar-refractivity contribution >= 4 is 88.5 Å². The first-order valence-electron chi connectivity index (χ1n) is 25.3. The normalized spacial score (nSPS) is 11.5. The summed E-state index contributed by atoms with van der Waals surface area (Å²) >= 11 is 0. The van der Waals surface area contributed by atoms with E-state index in [-0.39, 0.29) is 0 Å². The highest BCUT2D eigenvalue weighted by atomic mass is 15.2. The van der Waals surface area contributed by atoms with Crippen LogP contribution in [0.4, 0.5) is 34.1 Å². The molecule has 0 unspecified atom stereocenters. The molecule has 14 aromatic rings. The van der Waals surface area contributed by atoms with Crippen molar-refractivity contribution in [3.05, 3.63) is 291 Å². The summed E-state index contributed by atoms with van der Waals surface area (Å²) in [5.41, 5.74) is 18.0. The van der Waals surface area contributed by atoms with Gasteiger partial charge in [-0.15, -0.1) is 0 Å². The predicted molar refractivity (Wildman–Crippen MR) is 313 cm³/mol. The Labute approximate surface area is 430 Å². The molecule has 0 saturated heterocycles. The van der Waals surface area contributed by atoms with E-state index in [4.69, 9.17) is 0 Å². The van der Waals surface area contributed by atoms with E-state index in [0.29, 0.717) is 0 Å². The minimum Gasteiger partial charge on any atom is -0.310 e. The largest absolute Gasteiger partial charge is 0.310 e. The number of nitrogens with zero attached hydrogens (tertiary/aromatic N) is 4. The minimum absolute atomic E-state index is 1.06. The van der Waals surface area contributed by atoms with Gasteiger partial charge in [-0.25, -0.2) is 0 Å². The van der Waals surface area contributed by atoms with Crippen LogP contribution in [0.25, 0.3) is 88.0 Å². The third kappa shape index (κ3) is 7.23. The highest BCUT2D eigenvalue weighted by Crippen LogP contribution is 2.49. The van der Waals surface area contributed by atoms with E-state index in [1.165, 1.54) is 43.6 Å². The average Bonchev–Trinajstić information content (AvgIpc) is 4.02. The quantitative estimate of drug-likeness (QED) is 0.136. The molecule has 0 aliphatic heterocycles. The second-order valence-electron chi connectivity index (χ2n) is 18.9. The average molecular weight is 945 g/mol. The van der Waals surface area contributed by atoms with Crippen LogP contribution in [0.1, 0.15) is 0 Å². The van der Waals surface area contributed by atoms with Gasteiger partial charge >= 0.3 is 0 Å². The smallest absolute Gasteiger partial charge is 0.0546 e. The molecule has 2 heterocycles. The van der Waals surface area contributed by atoms with Crippen molar-refractivity contribution in [1.82, 2.24) is 9.13 Å². The number of hydrogen-bond acceptors (Lipinski definition) is 2. The van der Waals surface area contributed by atoms with E-state index >= 15 is 0 Å². The van der Waals surface area contributed by atoms with Crippen molar-refractivity contribution < 1.29 is 0 Å². The maximum absolute atomic E-state index is 2.44. The summed E-state index contributed by atoms with van der Waals surface area (Å²) in [5.74, 6) is 0. The summed E-state index contributed by atoms with van der Waals surface area (Å²) in [6, 6.07) is 106. The number of para-hydroxylation sites is 6. The van der Waals surface area contributed by atoms with Crippen LogP contribution < -0.4 is 9.80 Å². The SMILES string of the molecule is c1ccc(-c2cc3ccc(N(c4ccccc4)c4ccc(-n5c6ccccc6c6ccccc65)cc4)c(-c4ccccc4)c3cc2N(c2ccccc2)c2ccc(-n3c4ccccc4c4ccccc43)cc2)cc1. The Morgan fingerprint density at radius 1 is 0.243 bits per heavy atom. The molecule has 0 N–H and O–H groups in total. The molecule has 0 amide bonds. The van der Waals surface area contributed by atoms with E-state index in [0.717, 1.165) is 78.5 Å². The number of anilines is 6. The number of rotatable bonds is 10. The standard InChI is InChI=1S/C70H48N4/c1-5-21-49(22-6-1)62-47-51-37-46-68(71(52-25-9-3-10-26-52)54-38-42-56(43-39-54)73-64-33-17-13-29-58(64)59-30-14-18-34-65(59)73)70(50-23-7-2-8-24-50)63(51)48-69(62)72(53-27-11-4-12-28-53)55-40-44-57(45-41-55)74-66-35-19-15-31-60(66)61-32-16-20-36-67(61)74/h1-48H. The van der Waals surface area contributed by atoms with E-state index in [9.17, 15) is 0 Å². The Bertz CT molecular complexity index is 4230. The molecule has 4 heteroatoms. The summed E-state index contributed by atoms with van der Waals surface area (Å²) in [5, 5.41) is 7.29. The van der Waals surface area contributed by atoms with Crippen molar-refractivity contribution in [2.75, 3.05) is 9.80 Å². The second-order valence-corrected chi connectivity index (χ2v) is 18.9. The fourth-order valence-corrected chi connectivity index (χ4v) is 11.4. The van der Waals surface area contributed by atoms with Crippen LogP contribution in [0.5, 0.6) is 0 Å². The van der Waals surface area contributed by atoms with Crippen LogP contribution in [-0.4, -0.2) is 9.13 Å². The molecule has 12 aromatic carbocycles. The van der Waals surface area contributed by atoms with E-state index in [1.807, 2.05) is 0 Å². The molecule has 0 fully saturated rings. The summed E-state index contributed by atoms with van der Waals surface area (Å²) in [4.78, 5) is 4.85. The third-order valence-electron chi connectivity index (χ3n) is 14.7. The summed E-state index contributed by atoms with van der Waals surface area (Å²) in [6.45, 7) is 0. The molecular weight excluding hydrogens is 897 g/mol. The second kappa shape index (κ2) is 18.1. The first kappa shape index (κ1) is 42.9. The lowest BCUT2D eigenvalue weighted by molar-refractivity contribution is 1.17. The van der Waals surface area contributed by atoms with Gasteiger partial charge in [0, 0.05) is 66.8 Å². The van der Waals surface area contributed by atoms with Crippen molar-refractivity contribution in [2.24, 2.45) is 0 Å². The highest BCUT2D eigenvalue weighted by Gasteiger charge is 2.25. The lowest BCUT2D eigenvalue weighted by Crippen LogP contribution is -2.13. The van der Waals surface area contributed by atoms with Gasteiger partial charge in [-0.1, -0.05) is 176 Å². The molecule has 0 saturated carbocycles. The van der Waals surface area contributed by atoms with Gasteiger partial charge in [0.25, 0.3) is 0 Å². The van der Waals surface area contributed by atoms with Gasteiger partial charge in [-0.3, -0.25) is 0 Å². The van der Waals surface area contributed by atoms with Crippen LogP contribution >= 0.6 is 0 Å². The maximum Gasteiger partial charge on any atom is 0.0546 e.